The van der Waals surface area contributed by atoms with E-state index in [-0.39, 0.29) is 18.0 Å². The van der Waals surface area contributed by atoms with Crippen LogP contribution in [0.2, 0.25) is 0 Å². The maximum Gasteiger partial charge on any atom is 0.123 e. The Bertz CT molecular complexity index is 353. The number of benzene rings is 1. The van der Waals surface area contributed by atoms with Gasteiger partial charge < -0.3 is 15.3 Å². The second kappa shape index (κ2) is 6.83. The molecular weight excluding hydrogens is 231 g/mol. The van der Waals surface area contributed by atoms with Gasteiger partial charge in [-0.2, -0.15) is 0 Å². The van der Waals surface area contributed by atoms with Gasteiger partial charge in [0.05, 0.1) is 6.61 Å². The lowest BCUT2D eigenvalue weighted by atomic mass is 9.93. The summed E-state index contributed by atoms with van der Waals surface area (Å²) in [6, 6.07) is 6.42. The molecule has 0 fully saturated rings. The number of hydrogen-bond donors (Lipinski definition) is 2. The molecule has 0 amide bonds. The topological polar surface area (TPSA) is 35.5 Å². The van der Waals surface area contributed by atoms with Gasteiger partial charge in [0.2, 0.25) is 0 Å². The van der Waals surface area contributed by atoms with Gasteiger partial charge >= 0.3 is 0 Å². The molecule has 4 heteroatoms. The fourth-order valence-corrected chi connectivity index (χ4v) is 1.81. The number of nitrogens with one attached hydrogen (secondary N) is 1. The number of nitrogens with zero attached hydrogens (tertiary/aromatic N) is 1. The van der Waals surface area contributed by atoms with E-state index in [2.05, 4.69) is 10.2 Å². The summed E-state index contributed by atoms with van der Waals surface area (Å²) in [5.74, 6) is -0.231. The second-order valence-electron chi connectivity index (χ2n) is 5.25. The summed E-state index contributed by atoms with van der Waals surface area (Å²) in [7, 11) is 4.02. The van der Waals surface area contributed by atoms with Crippen molar-refractivity contribution in [1.82, 2.24) is 10.2 Å². The molecule has 0 radical (unpaired) electrons. The van der Waals surface area contributed by atoms with Crippen molar-refractivity contribution in [2.45, 2.75) is 18.9 Å². The summed E-state index contributed by atoms with van der Waals surface area (Å²) >= 11 is 0. The van der Waals surface area contributed by atoms with Crippen molar-refractivity contribution in [3.63, 3.8) is 0 Å². The Hall–Kier alpha value is -0.970. The molecular formula is C14H23FN2O. The zero-order valence-corrected chi connectivity index (χ0v) is 11.4. The third kappa shape index (κ3) is 5.12. The summed E-state index contributed by atoms with van der Waals surface area (Å²) in [4.78, 5) is 2.09. The van der Waals surface area contributed by atoms with Crippen molar-refractivity contribution < 1.29 is 9.50 Å². The predicted molar refractivity (Wildman–Crippen MR) is 72.2 cm³/mol. The van der Waals surface area contributed by atoms with Crippen molar-refractivity contribution >= 4 is 0 Å². The lowest BCUT2D eigenvalue weighted by Gasteiger charge is -2.29. The molecule has 0 aromatic heterocycles. The summed E-state index contributed by atoms with van der Waals surface area (Å²) in [5, 5.41) is 12.9. The third-order valence-corrected chi connectivity index (χ3v) is 2.97. The number of rotatable bonds is 7. The van der Waals surface area contributed by atoms with E-state index in [1.165, 1.54) is 12.1 Å². The minimum absolute atomic E-state index is 0.0534. The fraction of sp³-hybridized carbons (Fsp3) is 0.571. The van der Waals surface area contributed by atoms with Crippen LogP contribution in [0.5, 0.6) is 0 Å². The summed E-state index contributed by atoms with van der Waals surface area (Å²) < 4.78 is 12.8. The van der Waals surface area contributed by atoms with Crippen LogP contribution in [0.4, 0.5) is 4.39 Å². The number of likely N-dealkylation sites (N-methyl/N-ethyl adjacent to an activating group) is 1. The Balaban J connectivity index is 2.55. The van der Waals surface area contributed by atoms with Crippen LogP contribution in [0.3, 0.4) is 0 Å². The molecule has 1 aromatic carbocycles. The highest BCUT2D eigenvalue weighted by atomic mass is 19.1. The van der Waals surface area contributed by atoms with Crippen molar-refractivity contribution in [3.8, 4) is 0 Å². The van der Waals surface area contributed by atoms with Gasteiger partial charge in [0.15, 0.2) is 0 Å². The Morgan fingerprint density at radius 1 is 1.28 bits per heavy atom. The van der Waals surface area contributed by atoms with Gasteiger partial charge in [0.1, 0.15) is 5.82 Å². The Morgan fingerprint density at radius 2 is 1.89 bits per heavy atom. The average molecular weight is 254 g/mol. The van der Waals surface area contributed by atoms with Crippen LogP contribution < -0.4 is 5.32 Å². The van der Waals surface area contributed by atoms with E-state index in [1.807, 2.05) is 21.0 Å². The van der Waals surface area contributed by atoms with E-state index in [1.54, 1.807) is 12.1 Å². The van der Waals surface area contributed by atoms with Crippen LogP contribution in [0.15, 0.2) is 24.3 Å². The highest BCUT2D eigenvalue weighted by Crippen LogP contribution is 2.13. The van der Waals surface area contributed by atoms with Gasteiger partial charge in [0, 0.05) is 18.6 Å². The van der Waals surface area contributed by atoms with Crippen LogP contribution in [0.1, 0.15) is 12.5 Å². The van der Waals surface area contributed by atoms with E-state index < -0.39 is 0 Å². The van der Waals surface area contributed by atoms with Gasteiger partial charge in [-0.15, -0.1) is 0 Å². The van der Waals surface area contributed by atoms with E-state index in [0.717, 1.165) is 18.7 Å². The molecule has 1 aromatic rings. The fourth-order valence-electron chi connectivity index (χ4n) is 1.81. The standard InChI is InChI=1S/C14H23FN2O/c1-14(11-18,16-8-9-17(2)3)10-12-4-6-13(15)7-5-12/h4-7,16,18H,8-11H2,1-3H3. The van der Waals surface area contributed by atoms with E-state index >= 15 is 0 Å². The monoisotopic (exact) mass is 254 g/mol. The van der Waals surface area contributed by atoms with Crippen LogP contribution in [0.25, 0.3) is 0 Å². The molecule has 0 aliphatic heterocycles. The molecule has 0 aliphatic carbocycles. The van der Waals surface area contributed by atoms with E-state index in [9.17, 15) is 9.50 Å². The van der Waals surface area contributed by atoms with Crippen molar-refractivity contribution in [3.05, 3.63) is 35.6 Å². The molecule has 0 heterocycles. The van der Waals surface area contributed by atoms with Gasteiger partial charge in [0.25, 0.3) is 0 Å². The first-order chi connectivity index (χ1) is 8.45. The zero-order valence-electron chi connectivity index (χ0n) is 11.4. The molecule has 18 heavy (non-hydrogen) atoms. The first-order valence-corrected chi connectivity index (χ1v) is 6.20. The largest absolute Gasteiger partial charge is 0.394 e. The van der Waals surface area contributed by atoms with Crippen LogP contribution in [0, 0.1) is 5.82 Å². The highest BCUT2D eigenvalue weighted by Gasteiger charge is 2.22. The Kier molecular flexibility index (Phi) is 5.72. The molecule has 102 valence electrons. The lowest BCUT2D eigenvalue weighted by Crippen LogP contribution is -2.49. The first-order valence-electron chi connectivity index (χ1n) is 6.20. The zero-order chi connectivity index (χ0) is 13.6. The van der Waals surface area contributed by atoms with Gasteiger partial charge in [-0.1, -0.05) is 12.1 Å². The minimum atomic E-state index is -0.367. The second-order valence-corrected chi connectivity index (χ2v) is 5.25. The first kappa shape index (κ1) is 15.1. The quantitative estimate of drug-likeness (QED) is 0.769. The molecule has 0 saturated carbocycles. The summed E-state index contributed by atoms with van der Waals surface area (Å²) in [6.07, 6.45) is 0.678. The van der Waals surface area contributed by atoms with Crippen LogP contribution in [-0.2, 0) is 6.42 Å². The highest BCUT2D eigenvalue weighted by molar-refractivity contribution is 5.18. The normalized spacial score (nSPS) is 14.8. The molecule has 0 spiro atoms. The molecule has 1 rings (SSSR count). The van der Waals surface area contributed by atoms with Gasteiger partial charge in [-0.25, -0.2) is 4.39 Å². The average Bonchev–Trinajstić information content (AvgIpc) is 2.32. The van der Waals surface area contributed by atoms with E-state index in [4.69, 9.17) is 0 Å². The molecule has 3 nitrogen and oxygen atoms in total. The molecule has 2 N–H and O–H groups in total. The summed E-state index contributed by atoms with van der Waals surface area (Å²) in [6.45, 7) is 3.76. The van der Waals surface area contributed by atoms with Crippen LogP contribution in [-0.4, -0.2) is 49.3 Å². The lowest BCUT2D eigenvalue weighted by molar-refractivity contribution is 0.170. The number of aliphatic hydroxyl groups excluding tert-OH is 1. The number of aliphatic hydroxyl groups is 1. The predicted octanol–water partition coefficient (Wildman–Crippen LogP) is 1.27. The van der Waals surface area contributed by atoms with Gasteiger partial charge in [-0.3, -0.25) is 0 Å². The molecule has 1 atom stereocenters. The molecule has 0 bridgehead atoms. The third-order valence-electron chi connectivity index (χ3n) is 2.97. The summed E-state index contributed by atoms with van der Waals surface area (Å²) in [5.41, 5.74) is 0.652. The van der Waals surface area contributed by atoms with Crippen molar-refractivity contribution in [2.75, 3.05) is 33.8 Å². The number of halogens is 1. The Labute approximate surface area is 109 Å². The van der Waals surface area contributed by atoms with Crippen LogP contribution >= 0.6 is 0 Å². The smallest absolute Gasteiger partial charge is 0.123 e. The molecule has 0 aliphatic rings. The molecule has 1 unspecified atom stereocenters. The van der Waals surface area contributed by atoms with Crippen molar-refractivity contribution in [1.29, 1.82) is 0 Å². The molecule has 0 saturated heterocycles. The van der Waals surface area contributed by atoms with Gasteiger partial charge in [-0.05, 0) is 45.1 Å². The minimum Gasteiger partial charge on any atom is -0.394 e. The Morgan fingerprint density at radius 3 is 2.39 bits per heavy atom. The van der Waals surface area contributed by atoms with Crippen molar-refractivity contribution in [2.24, 2.45) is 0 Å². The number of hydrogen-bond acceptors (Lipinski definition) is 3. The maximum absolute atomic E-state index is 12.8. The SMILES string of the molecule is CN(C)CCNC(C)(CO)Cc1ccc(F)cc1. The maximum atomic E-state index is 12.8. The van der Waals surface area contributed by atoms with E-state index in [0.29, 0.717) is 6.42 Å².